The maximum Gasteiger partial charge on any atom is 0.0487 e. The highest BCUT2D eigenvalue weighted by molar-refractivity contribution is 9.10. The molecular formula is C9H7BrN. The molecule has 1 radical (unpaired) electrons. The number of nitrogens with one attached hydrogen (secondary N) is 1. The number of rotatable bonds is 0. The van der Waals surface area contributed by atoms with Crippen molar-refractivity contribution in [1.29, 1.82) is 0 Å². The van der Waals surface area contributed by atoms with E-state index in [1.54, 1.807) is 0 Å². The molecule has 0 spiro atoms. The Labute approximate surface area is 73.6 Å². The number of hydrogen-bond donors (Lipinski definition) is 1. The lowest BCUT2D eigenvalue weighted by Crippen LogP contribution is -1.75. The van der Waals surface area contributed by atoms with Gasteiger partial charge in [-0.15, -0.1) is 0 Å². The maximum absolute atomic E-state index is 3.92. The summed E-state index contributed by atoms with van der Waals surface area (Å²) in [6.07, 6.45) is 1.92. The average Bonchev–Trinajstić information content (AvgIpc) is 2.34. The normalized spacial score (nSPS) is 10.7. The molecule has 11 heavy (non-hydrogen) atoms. The van der Waals surface area contributed by atoms with Crippen molar-refractivity contribution in [2.75, 3.05) is 0 Å². The van der Waals surface area contributed by atoms with Gasteiger partial charge >= 0.3 is 0 Å². The number of halogens is 1. The third kappa shape index (κ3) is 1.07. The first kappa shape index (κ1) is 6.92. The van der Waals surface area contributed by atoms with Crippen molar-refractivity contribution in [2.45, 2.75) is 0 Å². The molecule has 0 aliphatic rings. The SMILES string of the molecule is [CH2]c1cc(Br)cc2cc[nH]c12. The molecule has 1 nitrogen and oxygen atoms in total. The van der Waals surface area contributed by atoms with Crippen LogP contribution in [0.3, 0.4) is 0 Å². The molecule has 0 atom stereocenters. The minimum atomic E-state index is 1.03. The van der Waals surface area contributed by atoms with Gasteiger partial charge in [-0.3, -0.25) is 0 Å². The fourth-order valence-corrected chi connectivity index (χ4v) is 1.73. The van der Waals surface area contributed by atoms with Crippen LogP contribution >= 0.6 is 15.9 Å². The smallest absolute Gasteiger partial charge is 0.0487 e. The second kappa shape index (κ2) is 2.38. The maximum atomic E-state index is 3.92. The Bertz CT molecular complexity index is 389. The van der Waals surface area contributed by atoms with Gasteiger partial charge in [-0.2, -0.15) is 0 Å². The number of aromatic amines is 1. The fourth-order valence-electron chi connectivity index (χ4n) is 1.21. The predicted molar refractivity (Wildman–Crippen MR) is 50.5 cm³/mol. The zero-order chi connectivity index (χ0) is 7.84. The molecule has 1 aromatic carbocycles. The number of H-pyrrole nitrogens is 1. The van der Waals surface area contributed by atoms with E-state index in [9.17, 15) is 0 Å². The van der Waals surface area contributed by atoms with Gasteiger partial charge in [0.1, 0.15) is 0 Å². The highest BCUT2D eigenvalue weighted by atomic mass is 79.9. The van der Waals surface area contributed by atoms with E-state index >= 15 is 0 Å². The van der Waals surface area contributed by atoms with Crippen LogP contribution in [-0.2, 0) is 0 Å². The molecule has 1 aromatic heterocycles. The first-order chi connectivity index (χ1) is 5.27. The molecular weight excluding hydrogens is 202 g/mol. The van der Waals surface area contributed by atoms with Gasteiger partial charge in [-0.25, -0.2) is 0 Å². The molecule has 1 heterocycles. The summed E-state index contributed by atoms with van der Waals surface area (Å²) in [6.45, 7) is 3.92. The summed E-state index contributed by atoms with van der Waals surface area (Å²) < 4.78 is 1.08. The van der Waals surface area contributed by atoms with Crippen LogP contribution in [-0.4, -0.2) is 4.98 Å². The van der Waals surface area contributed by atoms with Crippen LogP contribution in [0.5, 0.6) is 0 Å². The van der Waals surface area contributed by atoms with Gasteiger partial charge in [0, 0.05) is 21.6 Å². The van der Waals surface area contributed by atoms with E-state index in [4.69, 9.17) is 0 Å². The number of benzene rings is 1. The minimum absolute atomic E-state index is 1.03. The molecule has 2 rings (SSSR count). The number of hydrogen-bond acceptors (Lipinski definition) is 0. The Kier molecular flexibility index (Phi) is 1.50. The summed E-state index contributed by atoms with van der Waals surface area (Å²) in [4.78, 5) is 3.13. The van der Waals surface area contributed by atoms with E-state index in [1.165, 1.54) is 5.39 Å². The third-order valence-electron chi connectivity index (χ3n) is 1.71. The lowest BCUT2D eigenvalue weighted by Gasteiger charge is -1.96. The van der Waals surface area contributed by atoms with Gasteiger partial charge < -0.3 is 4.98 Å². The summed E-state index contributed by atoms with van der Waals surface area (Å²) in [7, 11) is 0. The lowest BCUT2D eigenvalue weighted by atomic mass is 10.2. The van der Waals surface area contributed by atoms with Gasteiger partial charge in [-0.1, -0.05) is 15.9 Å². The van der Waals surface area contributed by atoms with Gasteiger partial charge in [0.2, 0.25) is 0 Å². The van der Waals surface area contributed by atoms with Gasteiger partial charge in [0.05, 0.1) is 0 Å². The molecule has 0 saturated heterocycles. The van der Waals surface area contributed by atoms with Crippen LogP contribution in [0.25, 0.3) is 10.9 Å². The molecule has 2 aromatic rings. The van der Waals surface area contributed by atoms with Crippen LogP contribution in [0.4, 0.5) is 0 Å². The van der Waals surface area contributed by atoms with Gasteiger partial charge in [0.15, 0.2) is 0 Å². The Morgan fingerprint density at radius 1 is 1.36 bits per heavy atom. The van der Waals surface area contributed by atoms with Crippen molar-refractivity contribution in [1.82, 2.24) is 4.98 Å². The first-order valence-corrected chi connectivity index (χ1v) is 4.15. The van der Waals surface area contributed by atoms with Crippen molar-refractivity contribution >= 4 is 26.8 Å². The Morgan fingerprint density at radius 2 is 2.18 bits per heavy atom. The zero-order valence-electron chi connectivity index (χ0n) is 5.89. The van der Waals surface area contributed by atoms with Crippen LogP contribution in [0.2, 0.25) is 0 Å². The number of fused-ring (bicyclic) bond motifs is 1. The molecule has 0 amide bonds. The Balaban J connectivity index is 2.91. The van der Waals surface area contributed by atoms with Crippen LogP contribution in [0, 0.1) is 6.92 Å². The molecule has 2 heteroatoms. The zero-order valence-corrected chi connectivity index (χ0v) is 7.48. The Hall–Kier alpha value is -0.760. The average molecular weight is 209 g/mol. The largest absolute Gasteiger partial charge is 0.361 e. The lowest BCUT2D eigenvalue weighted by molar-refractivity contribution is 1.46. The first-order valence-electron chi connectivity index (χ1n) is 3.36. The summed E-state index contributed by atoms with van der Waals surface area (Å²) in [5.41, 5.74) is 2.15. The molecule has 0 saturated carbocycles. The second-order valence-corrected chi connectivity index (χ2v) is 3.42. The van der Waals surface area contributed by atoms with Crippen LogP contribution in [0.15, 0.2) is 28.9 Å². The molecule has 0 aliphatic carbocycles. The van der Waals surface area contributed by atoms with E-state index in [-0.39, 0.29) is 0 Å². The molecule has 55 valence electrons. The van der Waals surface area contributed by atoms with Crippen LogP contribution in [0.1, 0.15) is 5.56 Å². The summed E-state index contributed by atoms with van der Waals surface area (Å²) in [5.74, 6) is 0. The quantitative estimate of drug-likeness (QED) is 0.686. The van der Waals surface area contributed by atoms with Gasteiger partial charge in [0.25, 0.3) is 0 Å². The van der Waals surface area contributed by atoms with Crippen molar-refractivity contribution in [3.8, 4) is 0 Å². The predicted octanol–water partition coefficient (Wildman–Crippen LogP) is 3.11. The van der Waals surface area contributed by atoms with Crippen molar-refractivity contribution in [3.05, 3.63) is 41.4 Å². The highest BCUT2D eigenvalue weighted by Gasteiger charge is 1.98. The van der Waals surface area contributed by atoms with Gasteiger partial charge in [-0.05, 0) is 30.7 Å². The highest BCUT2D eigenvalue weighted by Crippen LogP contribution is 2.22. The molecule has 0 bridgehead atoms. The topological polar surface area (TPSA) is 15.8 Å². The standard InChI is InChI=1S/C9H7BrN/c1-6-4-8(10)5-7-2-3-11-9(6)7/h2-5,11H,1H2. The van der Waals surface area contributed by atoms with E-state index in [2.05, 4.69) is 33.9 Å². The van der Waals surface area contributed by atoms with E-state index in [0.717, 1.165) is 15.6 Å². The van der Waals surface area contributed by atoms with E-state index in [0.29, 0.717) is 0 Å². The molecule has 0 fully saturated rings. The third-order valence-corrected chi connectivity index (χ3v) is 2.16. The minimum Gasteiger partial charge on any atom is -0.361 e. The fraction of sp³-hybridized carbons (Fsp3) is 0. The molecule has 0 aliphatic heterocycles. The second-order valence-electron chi connectivity index (χ2n) is 2.51. The molecule has 0 unspecified atom stereocenters. The number of aromatic nitrogens is 1. The molecule has 1 N–H and O–H groups in total. The monoisotopic (exact) mass is 208 g/mol. The van der Waals surface area contributed by atoms with Crippen LogP contribution < -0.4 is 0 Å². The van der Waals surface area contributed by atoms with Crippen molar-refractivity contribution in [3.63, 3.8) is 0 Å². The van der Waals surface area contributed by atoms with Crippen molar-refractivity contribution < 1.29 is 0 Å². The Morgan fingerprint density at radius 3 is 3.00 bits per heavy atom. The van der Waals surface area contributed by atoms with E-state index < -0.39 is 0 Å². The summed E-state index contributed by atoms with van der Waals surface area (Å²) in [6, 6.07) is 6.11. The van der Waals surface area contributed by atoms with E-state index in [1.807, 2.05) is 18.3 Å². The summed E-state index contributed by atoms with van der Waals surface area (Å²) in [5, 5.41) is 1.20. The summed E-state index contributed by atoms with van der Waals surface area (Å²) >= 11 is 3.41. The van der Waals surface area contributed by atoms with Crippen molar-refractivity contribution in [2.24, 2.45) is 0 Å².